The highest BCUT2D eigenvalue weighted by Gasteiger charge is 2.24. The molecule has 0 fully saturated rings. The lowest BCUT2D eigenvalue weighted by Gasteiger charge is -2.27. The fourth-order valence-corrected chi connectivity index (χ4v) is 3.43. The minimum Gasteiger partial charge on any atom is -0.497 e. The van der Waals surface area contributed by atoms with Crippen LogP contribution >= 0.6 is 0 Å². The van der Waals surface area contributed by atoms with E-state index in [1.54, 1.807) is 7.11 Å². The maximum absolute atomic E-state index is 12.5. The maximum atomic E-state index is 12.5. The highest BCUT2D eigenvalue weighted by Crippen LogP contribution is 2.30. The van der Waals surface area contributed by atoms with E-state index in [0.29, 0.717) is 13.1 Å². The fourth-order valence-electron chi connectivity index (χ4n) is 3.43. The summed E-state index contributed by atoms with van der Waals surface area (Å²) in [6.45, 7) is 3.37. The van der Waals surface area contributed by atoms with Crippen molar-refractivity contribution in [2.24, 2.45) is 0 Å². The first kappa shape index (κ1) is 16.5. The number of nitrogens with zero attached hydrogens (tertiary/aromatic N) is 1. The van der Waals surface area contributed by atoms with Gasteiger partial charge in [-0.25, -0.2) is 0 Å². The average molecular weight is 350 g/mol. The molecule has 134 valence electrons. The number of hydrogen-bond acceptors (Lipinski definition) is 3. The lowest BCUT2D eigenvalue weighted by molar-refractivity contribution is -0.134. The van der Waals surface area contributed by atoms with Crippen molar-refractivity contribution in [3.8, 4) is 11.5 Å². The Morgan fingerprint density at radius 1 is 1.15 bits per heavy atom. The molecule has 5 heteroatoms. The number of hydrogen-bond donors (Lipinski definition) is 1. The zero-order valence-corrected chi connectivity index (χ0v) is 15.0. The van der Waals surface area contributed by atoms with Gasteiger partial charge in [-0.3, -0.25) is 4.79 Å². The van der Waals surface area contributed by atoms with Crippen molar-refractivity contribution >= 4 is 16.8 Å². The Balaban J connectivity index is 1.45. The largest absolute Gasteiger partial charge is 0.497 e. The van der Waals surface area contributed by atoms with Gasteiger partial charge in [0.2, 0.25) is 0 Å². The van der Waals surface area contributed by atoms with Gasteiger partial charge < -0.3 is 19.4 Å². The van der Waals surface area contributed by atoms with Gasteiger partial charge in [-0.1, -0.05) is 17.7 Å². The van der Waals surface area contributed by atoms with Gasteiger partial charge in [0, 0.05) is 23.1 Å². The van der Waals surface area contributed by atoms with Crippen LogP contribution in [-0.4, -0.2) is 36.1 Å². The summed E-state index contributed by atoms with van der Waals surface area (Å²) >= 11 is 0. The van der Waals surface area contributed by atoms with Gasteiger partial charge in [-0.15, -0.1) is 0 Å². The summed E-state index contributed by atoms with van der Waals surface area (Å²) in [5.41, 5.74) is 4.63. The van der Waals surface area contributed by atoms with E-state index >= 15 is 0 Å². The first-order valence-corrected chi connectivity index (χ1v) is 8.79. The summed E-state index contributed by atoms with van der Waals surface area (Å²) in [4.78, 5) is 17.8. The molecule has 0 unspecified atom stereocenters. The average Bonchev–Trinajstić information content (AvgIpc) is 3.04. The van der Waals surface area contributed by atoms with Gasteiger partial charge in [-0.05, 0) is 49.2 Å². The molecule has 3 aromatic rings. The Kier molecular flexibility index (Phi) is 4.29. The van der Waals surface area contributed by atoms with Crippen LogP contribution in [0.5, 0.6) is 11.5 Å². The number of aromatic amines is 1. The summed E-state index contributed by atoms with van der Waals surface area (Å²) in [7, 11) is 1.68. The van der Waals surface area contributed by atoms with Crippen LogP contribution in [0.25, 0.3) is 10.9 Å². The van der Waals surface area contributed by atoms with Crippen LogP contribution in [0.3, 0.4) is 0 Å². The molecule has 2 aromatic carbocycles. The van der Waals surface area contributed by atoms with Crippen molar-refractivity contribution in [2.45, 2.75) is 19.9 Å². The van der Waals surface area contributed by atoms with Gasteiger partial charge in [0.05, 0.1) is 13.7 Å². The zero-order valence-electron chi connectivity index (χ0n) is 15.0. The van der Waals surface area contributed by atoms with E-state index in [1.165, 1.54) is 16.5 Å². The van der Waals surface area contributed by atoms with Crippen LogP contribution in [0, 0.1) is 6.92 Å². The molecule has 4 rings (SSSR count). The Morgan fingerprint density at radius 3 is 2.69 bits per heavy atom. The number of methoxy groups -OCH3 is 1. The predicted molar refractivity (Wildman–Crippen MR) is 101 cm³/mol. The van der Waals surface area contributed by atoms with E-state index < -0.39 is 0 Å². The number of nitrogens with one attached hydrogen (secondary N) is 1. The third-order valence-electron chi connectivity index (χ3n) is 4.92. The van der Waals surface area contributed by atoms with Crippen molar-refractivity contribution < 1.29 is 14.3 Å². The minimum atomic E-state index is 0.00691. The molecule has 0 radical (unpaired) electrons. The van der Waals surface area contributed by atoms with Gasteiger partial charge in [0.1, 0.15) is 11.5 Å². The number of ether oxygens (including phenoxy) is 2. The number of aryl methyl sites for hydroxylation is 1. The van der Waals surface area contributed by atoms with E-state index in [9.17, 15) is 4.79 Å². The highest BCUT2D eigenvalue weighted by atomic mass is 16.5. The molecular weight excluding hydrogens is 328 g/mol. The monoisotopic (exact) mass is 350 g/mol. The molecule has 0 saturated heterocycles. The molecule has 1 aromatic heterocycles. The van der Waals surface area contributed by atoms with E-state index in [-0.39, 0.29) is 12.5 Å². The molecule has 26 heavy (non-hydrogen) atoms. The molecule has 0 atom stereocenters. The summed E-state index contributed by atoms with van der Waals surface area (Å²) < 4.78 is 11.0. The van der Waals surface area contributed by atoms with Crippen molar-refractivity contribution in [2.75, 3.05) is 20.3 Å². The second kappa shape index (κ2) is 6.75. The van der Waals surface area contributed by atoms with Crippen LogP contribution in [-0.2, 0) is 17.8 Å². The SMILES string of the molecule is COc1ccc2[nH]c3c(c2c1)CCN(C(=O)COc1ccc(C)cc1)C3. The van der Waals surface area contributed by atoms with Crippen LogP contribution in [0.2, 0.25) is 0 Å². The predicted octanol–water partition coefficient (Wildman–Crippen LogP) is 3.45. The quantitative estimate of drug-likeness (QED) is 0.784. The van der Waals surface area contributed by atoms with Crippen molar-refractivity contribution in [1.29, 1.82) is 0 Å². The van der Waals surface area contributed by atoms with E-state index in [2.05, 4.69) is 11.1 Å². The molecule has 2 heterocycles. The standard InChI is InChI=1S/C21H22N2O3/c1-14-3-5-15(6-4-14)26-13-21(24)23-10-9-17-18-11-16(25-2)7-8-19(18)22-20(17)12-23/h3-8,11,22H,9-10,12-13H2,1-2H3. The number of fused-ring (bicyclic) bond motifs is 3. The smallest absolute Gasteiger partial charge is 0.260 e. The van der Waals surface area contributed by atoms with Crippen LogP contribution < -0.4 is 9.47 Å². The molecule has 0 aliphatic carbocycles. The van der Waals surface area contributed by atoms with Gasteiger partial charge in [-0.2, -0.15) is 0 Å². The summed E-state index contributed by atoms with van der Waals surface area (Å²) in [6, 6.07) is 13.8. The van der Waals surface area contributed by atoms with Crippen molar-refractivity contribution in [3.63, 3.8) is 0 Å². The topological polar surface area (TPSA) is 54.6 Å². The summed E-state index contributed by atoms with van der Waals surface area (Å²) in [5, 5.41) is 1.18. The number of rotatable bonds is 4. The third-order valence-corrected chi connectivity index (χ3v) is 4.92. The Morgan fingerprint density at radius 2 is 1.92 bits per heavy atom. The molecule has 1 aliphatic rings. The summed E-state index contributed by atoms with van der Waals surface area (Å²) in [5.74, 6) is 1.58. The van der Waals surface area contributed by atoms with Crippen molar-refractivity contribution in [1.82, 2.24) is 9.88 Å². The minimum absolute atomic E-state index is 0.00691. The number of carbonyl (C=O) groups excluding carboxylic acids is 1. The second-order valence-electron chi connectivity index (χ2n) is 6.66. The molecule has 0 bridgehead atoms. The normalized spacial score (nSPS) is 13.5. The van der Waals surface area contributed by atoms with Crippen LogP contribution in [0.1, 0.15) is 16.8 Å². The van der Waals surface area contributed by atoms with Crippen molar-refractivity contribution in [3.05, 3.63) is 59.3 Å². The molecule has 5 nitrogen and oxygen atoms in total. The van der Waals surface area contributed by atoms with E-state index in [0.717, 1.165) is 29.1 Å². The zero-order chi connectivity index (χ0) is 18.1. The molecule has 1 N–H and O–H groups in total. The summed E-state index contributed by atoms with van der Waals surface area (Å²) in [6.07, 6.45) is 0.832. The van der Waals surface area contributed by atoms with Gasteiger partial charge in [0.15, 0.2) is 6.61 Å². The number of amides is 1. The number of H-pyrrole nitrogens is 1. The third kappa shape index (κ3) is 3.12. The number of aromatic nitrogens is 1. The van der Waals surface area contributed by atoms with Crippen LogP contribution in [0.15, 0.2) is 42.5 Å². The van der Waals surface area contributed by atoms with E-state index in [1.807, 2.05) is 48.2 Å². The lowest BCUT2D eigenvalue weighted by atomic mass is 10.0. The lowest BCUT2D eigenvalue weighted by Crippen LogP contribution is -2.38. The Hall–Kier alpha value is -2.95. The van der Waals surface area contributed by atoms with Crippen LogP contribution in [0.4, 0.5) is 0 Å². The van der Waals surface area contributed by atoms with Gasteiger partial charge >= 0.3 is 0 Å². The molecule has 0 spiro atoms. The fraction of sp³-hybridized carbons (Fsp3) is 0.286. The Labute approximate surface area is 152 Å². The highest BCUT2D eigenvalue weighted by molar-refractivity contribution is 5.87. The molecule has 1 aliphatic heterocycles. The second-order valence-corrected chi connectivity index (χ2v) is 6.66. The molecule has 0 saturated carbocycles. The van der Waals surface area contributed by atoms with E-state index in [4.69, 9.17) is 9.47 Å². The maximum Gasteiger partial charge on any atom is 0.260 e. The first-order chi connectivity index (χ1) is 12.6. The first-order valence-electron chi connectivity index (χ1n) is 8.79. The Bertz CT molecular complexity index is 944. The van der Waals surface area contributed by atoms with Gasteiger partial charge in [0.25, 0.3) is 5.91 Å². The number of benzene rings is 2. The molecular formula is C21H22N2O3. The molecule has 1 amide bonds. The number of carbonyl (C=O) groups is 1.